The van der Waals surface area contributed by atoms with E-state index in [1.807, 2.05) is 30.3 Å². The van der Waals surface area contributed by atoms with Gasteiger partial charge in [0.1, 0.15) is 12.4 Å². The molecule has 0 aliphatic carbocycles. The molecule has 0 radical (unpaired) electrons. The molecule has 0 unspecified atom stereocenters. The quantitative estimate of drug-likeness (QED) is 0.327. The third kappa shape index (κ3) is 5.77. The van der Waals surface area contributed by atoms with Crippen molar-refractivity contribution in [1.82, 2.24) is 5.43 Å². The Morgan fingerprint density at radius 3 is 2.52 bits per heavy atom. The first-order valence-electron chi connectivity index (χ1n) is 9.23. The lowest BCUT2D eigenvalue weighted by Gasteiger charge is -2.14. The molecule has 0 fully saturated rings. The van der Waals surface area contributed by atoms with Gasteiger partial charge in [-0.3, -0.25) is 4.79 Å². The van der Waals surface area contributed by atoms with Crippen LogP contribution in [0.25, 0.3) is 0 Å². The largest absolute Gasteiger partial charge is 0.496 e. The van der Waals surface area contributed by atoms with Gasteiger partial charge in [0, 0.05) is 10.6 Å². The molecule has 0 spiro atoms. The number of hydrazone groups is 1. The number of rotatable bonds is 8. The average molecular weight is 504 g/mol. The Labute approximate surface area is 193 Å². The number of hydrogen-bond donors (Lipinski definition) is 1. The Morgan fingerprint density at radius 2 is 1.77 bits per heavy atom. The van der Waals surface area contributed by atoms with Crippen LogP contribution in [-0.2, 0) is 6.61 Å². The third-order valence-electron chi connectivity index (χ3n) is 4.31. The second kappa shape index (κ2) is 10.8. The molecule has 1 amide bonds. The van der Waals surface area contributed by atoms with Crippen LogP contribution < -0.4 is 19.6 Å². The number of nitrogens with zero attached hydrogens (tertiary/aromatic N) is 1. The second-order valence-electron chi connectivity index (χ2n) is 6.31. The number of halogens is 2. The molecule has 8 heteroatoms. The molecule has 0 bridgehead atoms. The highest BCUT2D eigenvalue weighted by Crippen LogP contribution is 2.37. The first-order chi connectivity index (χ1) is 15.0. The van der Waals surface area contributed by atoms with Crippen LogP contribution in [0.2, 0.25) is 5.02 Å². The summed E-state index contributed by atoms with van der Waals surface area (Å²) < 4.78 is 17.3. The highest BCUT2D eigenvalue weighted by atomic mass is 79.9. The molecule has 0 saturated carbocycles. The summed E-state index contributed by atoms with van der Waals surface area (Å²) >= 11 is 9.70. The van der Waals surface area contributed by atoms with E-state index in [1.165, 1.54) is 13.3 Å². The number of para-hydroxylation sites is 1. The van der Waals surface area contributed by atoms with E-state index in [0.29, 0.717) is 37.9 Å². The Bertz CT molecular complexity index is 1100. The van der Waals surface area contributed by atoms with Crippen molar-refractivity contribution >= 4 is 39.7 Å². The summed E-state index contributed by atoms with van der Waals surface area (Å²) in [7, 11) is 3.06. The molecule has 1 N–H and O–H groups in total. The first-order valence-corrected chi connectivity index (χ1v) is 10.4. The van der Waals surface area contributed by atoms with Crippen molar-refractivity contribution < 1.29 is 19.0 Å². The Morgan fingerprint density at radius 1 is 1.06 bits per heavy atom. The summed E-state index contributed by atoms with van der Waals surface area (Å²) in [6.45, 7) is 0.289. The van der Waals surface area contributed by atoms with Crippen LogP contribution >= 0.6 is 27.5 Å². The maximum atomic E-state index is 12.3. The third-order valence-corrected chi connectivity index (χ3v) is 5.27. The zero-order valence-electron chi connectivity index (χ0n) is 16.9. The SMILES string of the molecule is COc1ccccc1C(=O)N/N=C/c1cc(Br)c(OCc2ccccc2Cl)c(OC)c1. The summed E-state index contributed by atoms with van der Waals surface area (Å²) in [5.74, 6) is 1.15. The van der Waals surface area contributed by atoms with Gasteiger partial charge in [-0.2, -0.15) is 5.10 Å². The van der Waals surface area contributed by atoms with Gasteiger partial charge in [-0.1, -0.05) is 41.9 Å². The van der Waals surface area contributed by atoms with Crippen molar-refractivity contribution in [3.05, 3.63) is 86.8 Å². The van der Waals surface area contributed by atoms with Gasteiger partial charge in [0.2, 0.25) is 0 Å². The van der Waals surface area contributed by atoms with Crippen LogP contribution in [-0.4, -0.2) is 26.3 Å². The summed E-state index contributed by atoms with van der Waals surface area (Å²) in [5.41, 5.74) is 4.45. The monoisotopic (exact) mass is 502 g/mol. The molecule has 0 heterocycles. The van der Waals surface area contributed by atoms with Gasteiger partial charge in [0.15, 0.2) is 11.5 Å². The summed E-state index contributed by atoms with van der Waals surface area (Å²) in [4.78, 5) is 12.3. The maximum Gasteiger partial charge on any atom is 0.275 e. The molecule has 6 nitrogen and oxygen atoms in total. The number of methoxy groups -OCH3 is 2. The van der Waals surface area contributed by atoms with Gasteiger partial charge in [-0.05, 0) is 51.8 Å². The molecule has 160 valence electrons. The molecular formula is C23H20BrClN2O4. The van der Waals surface area contributed by atoms with Crippen molar-refractivity contribution in [2.24, 2.45) is 5.10 Å². The number of ether oxygens (including phenoxy) is 3. The molecular weight excluding hydrogens is 484 g/mol. The van der Waals surface area contributed by atoms with Crippen molar-refractivity contribution in [2.75, 3.05) is 14.2 Å². The Hall–Kier alpha value is -3.03. The zero-order valence-corrected chi connectivity index (χ0v) is 19.2. The molecule has 0 atom stereocenters. The summed E-state index contributed by atoms with van der Waals surface area (Å²) in [5, 5.41) is 4.66. The number of amides is 1. The fourth-order valence-corrected chi connectivity index (χ4v) is 3.54. The number of hydrogen-bond acceptors (Lipinski definition) is 5. The number of carbonyl (C=O) groups excluding carboxylic acids is 1. The van der Waals surface area contributed by atoms with Gasteiger partial charge in [0.05, 0.1) is 30.5 Å². The molecule has 3 aromatic rings. The van der Waals surface area contributed by atoms with Gasteiger partial charge < -0.3 is 14.2 Å². The van der Waals surface area contributed by atoms with Crippen LogP contribution in [0, 0.1) is 0 Å². The minimum Gasteiger partial charge on any atom is -0.496 e. The molecule has 31 heavy (non-hydrogen) atoms. The van der Waals surface area contributed by atoms with Crippen LogP contribution in [0.15, 0.2) is 70.2 Å². The average Bonchev–Trinajstić information content (AvgIpc) is 2.78. The Kier molecular flexibility index (Phi) is 7.92. The molecule has 0 aromatic heterocycles. The zero-order chi connectivity index (χ0) is 22.2. The van der Waals surface area contributed by atoms with Gasteiger partial charge >= 0.3 is 0 Å². The molecule has 0 aliphatic rings. The van der Waals surface area contributed by atoms with Gasteiger partial charge in [-0.15, -0.1) is 0 Å². The lowest BCUT2D eigenvalue weighted by molar-refractivity contribution is 0.0952. The smallest absolute Gasteiger partial charge is 0.275 e. The molecule has 0 saturated heterocycles. The van der Waals surface area contributed by atoms with Crippen molar-refractivity contribution in [2.45, 2.75) is 6.61 Å². The van der Waals surface area contributed by atoms with E-state index < -0.39 is 0 Å². The van der Waals surface area contributed by atoms with Crippen LogP contribution in [0.4, 0.5) is 0 Å². The number of carbonyl (C=O) groups is 1. The summed E-state index contributed by atoms with van der Waals surface area (Å²) in [6, 6.07) is 18.0. The molecule has 0 aliphatic heterocycles. The maximum absolute atomic E-state index is 12.3. The first kappa shape index (κ1) is 22.7. The van der Waals surface area contributed by atoms with E-state index in [0.717, 1.165) is 5.56 Å². The van der Waals surface area contributed by atoms with Crippen molar-refractivity contribution in [3.8, 4) is 17.2 Å². The highest BCUT2D eigenvalue weighted by molar-refractivity contribution is 9.10. The van der Waals surface area contributed by atoms with E-state index in [-0.39, 0.29) is 12.5 Å². The number of nitrogens with one attached hydrogen (secondary N) is 1. The highest BCUT2D eigenvalue weighted by Gasteiger charge is 2.13. The fourth-order valence-electron chi connectivity index (χ4n) is 2.78. The van der Waals surface area contributed by atoms with Crippen molar-refractivity contribution in [1.29, 1.82) is 0 Å². The minimum atomic E-state index is -0.376. The van der Waals surface area contributed by atoms with Crippen LogP contribution in [0.1, 0.15) is 21.5 Å². The van der Waals surface area contributed by atoms with E-state index >= 15 is 0 Å². The fraction of sp³-hybridized carbons (Fsp3) is 0.130. The predicted molar refractivity (Wildman–Crippen MR) is 125 cm³/mol. The lowest BCUT2D eigenvalue weighted by atomic mass is 10.2. The van der Waals surface area contributed by atoms with E-state index in [4.69, 9.17) is 25.8 Å². The Balaban J connectivity index is 1.72. The topological polar surface area (TPSA) is 69.2 Å². The molecule has 3 aromatic carbocycles. The van der Waals surface area contributed by atoms with Crippen LogP contribution in [0.3, 0.4) is 0 Å². The summed E-state index contributed by atoms with van der Waals surface area (Å²) in [6.07, 6.45) is 1.51. The van der Waals surface area contributed by atoms with Crippen molar-refractivity contribution in [3.63, 3.8) is 0 Å². The van der Waals surface area contributed by atoms with E-state index in [2.05, 4.69) is 26.5 Å². The second-order valence-corrected chi connectivity index (χ2v) is 7.58. The standard InChI is InChI=1S/C23H20BrClN2O4/c1-29-20-10-6-4-8-17(20)23(28)27-26-13-15-11-18(24)22(21(12-15)30-2)31-14-16-7-3-5-9-19(16)25/h3-13H,14H2,1-2H3,(H,27,28)/b26-13+. The predicted octanol–water partition coefficient (Wildman–Crippen LogP) is 5.46. The normalized spacial score (nSPS) is 10.7. The lowest BCUT2D eigenvalue weighted by Crippen LogP contribution is -2.18. The van der Waals surface area contributed by atoms with E-state index in [9.17, 15) is 4.79 Å². The number of benzene rings is 3. The van der Waals surface area contributed by atoms with E-state index in [1.54, 1.807) is 37.4 Å². The van der Waals surface area contributed by atoms with Crippen LogP contribution in [0.5, 0.6) is 17.2 Å². The minimum absolute atomic E-state index is 0.289. The molecule has 3 rings (SSSR count). The van der Waals surface area contributed by atoms with Gasteiger partial charge in [-0.25, -0.2) is 5.43 Å². The van der Waals surface area contributed by atoms with Gasteiger partial charge in [0.25, 0.3) is 5.91 Å².